The number of aliphatic carboxylic acids is 1. The number of carbonyl (C=O) groups is 3. The maximum Gasteiger partial charge on any atom is 0.326 e. The maximum absolute atomic E-state index is 11.8. The number of carboxylic acid groups (broad SMARTS) is 1. The Morgan fingerprint density at radius 2 is 2.15 bits per heavy atom. The molecule has 0 unspecified atom stereocenters. The SMILES string of the molecule is Cc1nc(C(=O)N[C@@H](CC(N)=O)C(=O)O)ccc1C#N. The highest BCUT2D eigenvalue weighted by Crippen LogP contribution is 2.06. The third kappa shape index (κ3) is 3.78. The van der Waals surface area contributed by atoms with Crippen molar-refractivity contribution in [3.63, 3.8) is 0 Å². The average Bonchev–Trinajstić information content (AvgIpc) is 2.37. The molecule has 1 heterocycles. The predicted octanol–water partition coefficient (Wildman–Crippen LogP) is -0.680. The minimum atomic E-state index is -1.42. The highest BCUT2D eigenvalue weighted by Gasteiger charge is 2.23. The first-order valence-corrected chi connectivity index (χ1v) is 5.55. The number of aromatic nitrogens is 1. The molecule has 2 amide bonds. The minimum Gasteiger partial charge on any atom is -0.480 e. The Bertz CT molecular complexity index is 606. The van der Waals surface area contributed by atoms with Crippen molar-refractivity contribution in [2.75, 3.05) is 0 Å². The summed E-state index contributed by atoms with van der Waals surface area (Å²) in [6.45, 7) is 1.55. The summed E-state index contributed by atoms with van der Waals surface area (Å²) in [7, 11) is 0. The molecule has 104 valence electrons. The van der Waals surface area contributed by atoms with Crippen molar-refractivity contribution in [1.82, 2.24) is 10.3 Å². The molecule has 1 rings (SSSR count). The fourth-order valence-corrected chi connectivity index (χ4v) is 1.44. The van der Waals surface area contributed by atoms with Crippen LogP contribution in [0.15, 0.2) is 12.1 Å². The van der Waals surface area contributed by atoms with Crippen LogP contribution in [0.2, 0.25) is 0 Å². The van der Waals surface area contributed by atoms with E-state index in [1.807, 2.05) is 6.07 Å². The van der Waals surface area contributed by atoms with Crippen LogP contribution in [0.25, 0.3) is 0 Å². The van der Waals surface area contributed by atoms with Gasteiger partial charge in [0, 0.05) is 0 Å². The van der Waals surface area contributed by atoms with E-state index in [1.54, 1.807) is 6.92 Å². The summed E-state index contributed by atoms with van der Waals surface area (Å²) in [6.07, 6.45) is -0.518. The molecule has 0 saturated heterocycles. The van der Waals surface area contributed by atoms with E-state index in [1.165, 1.54) is 12.1 Å². The molecule has 0 radical (unpaired) electrons. The molecule has 0 saturated carbocycles. The molecular formula is C12H12N4O4. The van der Waals surface area contributed by atoms with Crippen molar-refractivity contribution in [2.24, 2.45) is 5.73 Å². The molecule has 1 aromatic rings. The van der Waals surface area contributed by atoms with Gasteiger partial charge in [0.15, 0.2) is 0 Å². The fraction of sp³-hybridized carbons (Fsp3) is 0.250. The van der Waals surface area contributed by atoms with E-state index >= 15 is 0 Å². The Morgan fingerprint density at radius 1 is 1.50 bits per heavy atom. The molecule has 1 atom stereocenters. The number of nitriles is 1. The van der Waals surface area contributed by atoms with Crippen molar-refractivity contribution in [1.29, 1.82) is 5.26 Å². The second kappa shape index (κ2) is 6.29. The van der Waals surface area contributed by atoms with Crippen LogP contribution in [0.1, 0.15) is 28.2 Å². The monoisotopic (exact) mass is 276 g/mol. The number of hydrogen-bond acceptors (Lipinski definition) is 5. The van der Waals surface area contributed by atoms with Gasteiger partial charge in [-0.15, -0.1) is 0 Å². The average molecular weight is 276 g/mol. The summed E-state index contributed by atoms with van der Waals surface area (Å²) >= 11 is 0. The molecule has 1 aromatic heterocycles. The van der Waals surface area contributed by atoms with Crippen LogP contribution in [0, 0.1) is 18.3 Å². The number of amides is 2. The van der Waals surface area contributed by atoms with E-state index in [0.717, 1.165) is 0 Å². The van der Waals surface area contributed by atoms with Crippen molar-refractivity contribution >= 4 is 17.8 Å². The van der Waals surface area contributed by atoms with Gasteiger partial charge in [-0.3, -0.25) is 9.59 Å². The molecule has 0 aromatic carbocycles. The van der Waals surface area contributed by atoms with Crippen LogP contribution in [-0.4, -0.2) is 33.9 Å². The largest absolute Gasteiger partial charge is 0.480 e. The molecule has 0 fully saturated rings. The summed E-state index contributed by atoms with van der Waals surface area (Å²) in [5.74, 6) is -2.98. The lowest BCUT2D eigenvalue weighted by molar-refractivity contribution is -0.140. The predicted molar refractivity (Wildman–Crippen MR) is 66.4 cm³/mol. The highest BCUT2D eigenvalue weighted by molar-refractivity contribution is 5.96. The first kappa shape index (κ1) is 15.1. The molecule has 4 N–H and O–H groups in total. The van der Waals surface area contributed by atoms with Gasteiger partial charge in [0.25, 0.3) is 5.91 Å². The van der Waals surface area contributed by atoms with E-state index < -0.39 is 30.2 Å². The van der Waals surface area contributed by atoms with Gasteiger partial charge in [-0.1, -0.05) is 0 Å². The number of nitrogens with zero attached hydrogens (tertiary/aromatic N) is 2. The van der Waals surface area contributed by atoms with Crippen LogP contribution in [0.4, 0.5) is 0 Å². The number of rotatable bonds is 5. The van der Waals surface area contributed by atoms with Gasteiger partial charge in [-0.05, 0) is 19.1 Å². The third-order valence-corrected chi connectivity index (χ3v) is 2.45. The topological polar surface area (TPSA) is 146 Å². The van der Waals surface area contributed by atoms with Gasteiger partial charge in [0.1, 0.15) is 17.8 Å². The zero-order valence-electron chi connectivity index (χ0n) is 10.6. The lowest BCUT2D eigenvalue weighted by atomic mass is 10.1. The van der Waals surface area contributed by atoms with Gasteiger partial charge < -0.3 is 16.2 Å². The van der Waals surface area contributed by atoms with Crippen molar-refractivity contribution < 1.29 is 19.5 Å². The van der Waals surface area contributed by atoms with Crippen LogP contribution < -0.4 is 11.1 Å². The number of carboxylic acids is 1. The van der Waals surface area contributed by atoms with Gasteiger partial charge in [-0.25, -0.2) is 9.78 Å². The van der Waals surface area contributed by atoms with Gasteiger partial charge in [0.05, 0.1) is 17.7 Å². The lowest BCUT2D eigenvalue weighted by Gasteiger charge is -2.12. The van der Waals surface area contributed by atoms with Crippen molar-refractivity contribution in [2.45, 2.75) is 19.4 Å². The standard InChI is InChI=1S/C12H12N4O4/c1-6-7(5-13)2-3-8(15-6)11(18)16-9(12(19)20)4-10(14)17/h2-3,9H,4H2,1H3,(H2,14,17)(H,16,18)(H,19,20)/t9-/m0/s1. The van der Waals surface area contributed by atoms with Gasteiger partial charge in [-0.2, -0.15) is 5.26 Å². The smallest absolute Gasteiger partial charge is 0.326 e. The van der Waals surface area contributed by atoms with Gasteiger partial charge >= 0.3 is 5.97 Å². The Morgan fingerprint density at radius 3 is 2.60 bits per heavy atom. The summed E-state index contributed by atoms with van der Waals surface area (Å²) in [6, 6.07) is 3.18. The molecule has 20 heavy (non-hydrogen) atoms. The molecule has 8 heteroatoms. The Kier molecular flexibility index (Phi) is 4.75. The second-order valence-electron chi connectivity index (χ2n) is 3.98. The molecule has 0 aliphatic carbocycles. The number of nitrogens with one attached hydrogen (secondary N) is 1. The normalized spacial score (nSPS) is 11.2. The maximum atomic E-state index is 11.8. The van der Waals surface area contributed by atoms with Crippen LogP contribution >= 0.6 is 0 Å². The summed E-state index contributed by atoms with van der Waals surface area (Å²) in [5.41, 5.74) is 5.52. The van der Waals surface area contributed by atoms with E-state index in [2.05, 4.69) is 10.3 Å². The molecular weight excluding hydrogens is 264 g/mol. The van der Waals surface area contributed by atoms with E-state index in [0.29, 0.717) is 11.3 Å². The van der Waals surface area contributed by atoms with Crippen LogP contribution in [0.3, 0.4) is 0 Å². The van der Waals surface area contributed by atoms with Crippen molar-refractivity contribution in [3.8, 4) is 6.07 Å². The number of aryl methyl sites for hydroxylation is 1. The van der Waals surface area contributed by atoms with Crippen molar-refractivity contribution in [3.05, 3.63) is 29.1 Å². The first-order chi connectivity index (χ1) is 9.35. The summed E-state index contributed by atoms with van der Waals surface area (Å²) in [5, 5.41) is 19.8. The zero-order valence-corrected chi connectivity index (χ0v) is 10.6. The molecule has 0 spiro atoms. The molecule has 0 aliphatic rings. The first-order valence-electron chi connectivity index (χ1n) is 5.55. The highest BCUT2D eigenvalue weighted by atomic mass is 16.4. The van der Waals surface area contributed by atoms with E-state index in [4.69, 9.17) is 16.1 Å². The third-order valence-electron chi connectivity index (χ3n) is 2.45. The zero-order chi connectivity index (χ0) is 15.3. The molecule has 8 nitrogen and oxygen atoms in total. The summed E-state index contributed by atoms with van der Waals surface area (Å²) < 4.78 is 0. The molecule has 0 bridgehead atoms. The number of nitrogens with two attached hydrogens (primary N) is 1. The number of primary amides is 1. The Labute approximate surface area is 114 Å². The van der Waals surface area contributed by atoms with Crippen LogP contribution in [0.5, 0.6) is 0 Å². The lowest BCUT2D eigenvalue weighted by Crippen LogP contribution is -2.43. The number of carbonyl (C=O) groups excluding carboxylic acids is 2. The summed E-state index contributed by atoms with van der Waals surface area (Å²) in [4.78, 5) is 37.3. The molecule has 0 aliphatic heterocycles. The Hall–Kier alpha value is -2.95. The number of hydrogen-bond donors (Lipinski definition) is 3. The van der Waals surface area contributed by atoms with Crippen LogP contribution in [-0.2, 0) is 9.59 Å². The van der Waals surface area contributed by atoms with E-state index in [-0.39, 0.29) is 5.69 Å². The quantitative estimate of drug-likeness (QED) is 0.649. The Balaban J connectivity index is 2.89. The van der Waals surface area contributed by atoms with E-state index in [9.17, 15) is 14.4 Å². The second-order valence-corrected chi connectivity index (χ2v) is 3.98. The fourth-order valence-electron chi connectivity index (χ4n) is 1.44. The number of pyridine rings is 1. The van der Waals surface area contributed by atoms with Gasteiger partial charge in [0.2, 0.25) is 5.91 Å². The minimum absolute atomic E-state index is 0.0442.